The maximum atomic E-state index is 12.5. The first kappa shape index (κ1) is 22.9. The maximum Gasteiger partial charge on any atom is 0.251 e. The van der Waals surface area contributed by atoms with Gasteiger partial charge in [-0.2, -0.15) is 0 Å². The van der Waals surface area contributed by atoms with Crippen LogP contribution in [0.3, 0.4) is 0 Å². The van der Waals surface area contributed by atoms with E-state index >= 15 is 0 Å². The summed E-state index contributed by atoms with van der Waals surface area (Å²) in [6, 6.07) is 17.3. The third kappa shape index (κ3) is 6.85. The second-order valence-electron chi connectivity index (χ2n) is 7.77. The first-order valence-electron chi connectivity index (χ1n) is 10.6. The number of ether oxygens (including phenoxy) is 1. The van der Waals surface area contributed by atoms with Crippen molar-refractivity contribution >= 4 is 17.7 Å². The summed E-state index contributed by atoms with van der Waals surface area (Å²) < 4.78 is 8.01. The van der Waals surface area contributed by atoms with Crippen molar-refractivity contribution in [2.75, 3.05) is 12.8 Å². The van der Waals surface area contributed by atoms with Gasteiger partial charge in [0.2, 0.25) is 0 Å². The summed E-state index contributed by atoms with van der Waals surface area (Å²) in [6.07, 6.45) is 3.60. The van der Waals surface area contributed by atoms with Crippen LogP contribution < -0.4 is 10.1 Å². The number of nitrogens with one attached hydrogen (secondary N) is 1. The Bertz CT molecular complexity index is 973. The van der Waals surface area contributed by atoms with E-state index in [-0.39, 0.29) is 5.91 Å². The van der Waals surface area contributed by atoms with E-state index in [2.05, 4.69) is 33.9 Å². The SMILES string of the molecule is CSc1nnc(CCCNC(=O)c2cccc(OCc3ccccc3)c2)n1CC(C)C. The van der Waals surface area contributed by atoms with E-state index in [1.165, 1.54) is 0 Å². The molecule has 0 aliphatic rings. The van der Waals surface area contributed by atoms with Crippen molar-refractivity contribution in [1.29, 1.82) is 0 Å². The lowest BCUT2D eigenvalue weighted by molar-refractivity contribution is 0.0952. The summed E-state index contributed by atoms with van der Waals surface area (Å²) >= 11 is 1.61. The number of aryl methyl sites for hydroxylation is 1. The zero-order chi connectivity index (χ0) is 22.1. The molecule has 1 amide bonds. The Morgan fingerprint density at radius 2 is 1.94 bits per heavy atom. The predicted octanol–water partition coefficient (Wildman–Crippen LogP) is 4.60. The van der Waals surface area contributed by atoms with Crippen molar-refractivity contribution in [3.63, 3.8) is 0 Å². The fraction of sp³-hybridized carbons (Fsp3) is 0.375. The molecule has 2 aromatic carbocycles. The first-order valence-corrected chi connectivity index (χ1v) is 11.8. The Labute approximate surface area is 188 Å². The number of thioether (sulfide) groups is 1. The first-order chi connectivity index (χ1) is 15.1. The molecule has 164 valence electrons. The molecule has 0 unspecified atom stereocenters. The van der Waals surface area contributed by atoms with Gasteiger partial charge in [0.05, 0.1) is 0 Å². The van der Waals surface area contributed by atoms with Crippen molar-refractivity contribution in [3.05, 3.63) is 71.5 Å². The molecule has 0 radical (unpaired) electrons. The van der Waals surface area contributed by atoms with Gasteiger partial charge in [-0.1, -0.05) is 62.0 Å². The molecule has 6 nitrogen and oxygen atoms in total. The van der Waals surface area contributed by atoms with Gasteiger partial charge in [-0.3, -0.25) is 4.79 Å². The van der Waals surface area contributed by atoms with Gasteiger partial charge in [0.25, 0.3) is 5.91 Å². The van der Waals surface area contributed by atoms with Gasteiger partial charge < -0.3 is 14.6 Å². The molecule has 3 rings (SSSR count). The fourth-order valence-corrected chi connectivity index (χ4v) is 3.74. The fourth-order valence-electron chi connectivity index (χ4n) is 3.22. The Balaban J connectivity index is 1.48. The monoisotopic (exact) mass is 438 g/mol. The highest BCUT2D eigenvalue weighted by molar-refractivity contribution is 7.98. The minimum Gasteiger partial charge on any atom is -0.489 e. The molecule has 7 heteroatoms. The third-order valence-corrected chi connectivity index (χ3v) is 5.40. The normalized spacial score (nSPS) is 11.0. The van der Waals surface area contributed by atoms with Crippen LogP contribution in [-0.2, 0) is 19.6 Å². The van der Waals surface area contributed by atoms with Crippen LogP contribution in [-0.4, -0.2) is 33.5 Å². The van der Waals surface area contributed by atoms with Gasteiger partial charge in [-0.25, -0.2) is 0 Å². The Hall–Kier alpha value is -2.80. The third-order valence-electron chi connectivity index (χ3n) is 4.73. The number of benzene rings is 2. The van der Waals surface area contributed by atoms with Crippen molar-refractivity contribution in [2.24, 2.45) is 5.92 Å². The van der Waals surface area contributed by atoms with E-state index in [4.69, 9.17) is 4.74 Å². The van der Waals surface area contributed by atoms with Crippen LogP contribution in [0, 0.1) is 5.92 Å². The molecule has 0 atom stereocenters. The number of carbonyl (C=O) groups excluding carboxylic acids is 1. The van der Waals surface area contributed by atoms with Crippen molar-refractivity contribution in [3.8, 4) is 5.75 Å². The molecule has 0 bridgehead atoms. The second-order valence-corrected chi connectivity index (χ2v) is 8.54. The smallest absolute Gasteiger partial charge is 0.251 e. The van der Waals surface area contributed by atoms with E-state index < -0.39 is 0 Å². The van der Waals surface area contributed by atoms with E-state index in [9.17, 15) is 4.79 Å². The van der Waals surface area contributed by atoms with E-state index in [1.54, 1.807) is 23.9 Å². The van der Waals surface area contributed by atoms with Gasteiger partial charge in [-0.05, 0) is 42.4 Å². The Kier molecular flexibility index (Phi) is 8.53. The predicted molar refractivity (Wildman–Crippen MR) is 125 cm³/mol. The van der Waals surface area contributed by atoms with Gasteiger partial charge in [0.15, 0.2) is 5.16 Å². The number of amides is 1. The van der Waals surface area contributed by atoms with Gasteiger partial charge in [-0.15, -0.1) is 10.2 Å². The zero-order valence-electron chi connectivity index (χ0n) is 18.4. The van der Waals surface area contributed by atoms with Crippen LogP contribution in [0.1, 0.15) is 42.0 Å². The largest absolute Gasteiger partial charge is 0.489 e. The van der Waals surface area contributed by atoms with E-state index in [0.29, 0.717) is 30.4 Å². The number of aromatic nitrogens is 3. The minimum absolute atomic E-state index is 0.0985. The summed E-state index contributed by atoms with van der Waals surface area (Å²) in [7, 11) is 0. The number of hydrogen-bond acceptors (Lipinski definition) is 5. The topological polar surface area (TPSA) is 69.0 Å². The maximum absolute atomic E-state index is 12.5. The molecule has 1 N–H and O–H groups in total. The molecule has 1 heterocycles. The second kappa shape index (κ2) is 11.6. The highest BCUT2D eigenvalue weighted by Crippen LogP contribution is 2.17. The Morgan fingerprint density at radius 3 is 2.68 bits per heavy atom. The van der Waals surface area contributed by atoms with Gasteiger partial charge in [0, 0.05) is 25.1 Å². The lowest BCUT2D eigenvalue weighted by Crippen LogP contribution is -2.25. The molecule has 0 fully saturated rings. The van der Waals surface area contributed by atoms with Crippen LogP contribution in [0.5, 0.6) is 5.75 Å². The van der Waals surface area contributed by atoms with E-state index in [0.717, 1.165) is 35.9 Å². The molecule has 0 saturated carbocycles. The van der Waals surface area contributed by atoms with Gasteiger partial charge in [0.1, 0.15) is 18.2 Å². The summed E-state index contributed by atoms with van der Waals surface area (Å²) in [5.41, 5.74) is 1.69. The lowest BCUT2D eigenvalue weighted by atomic mass is 10.2. The van der Waals surface area contributed by atoms with Crippen LogP contribution in [0.4, 0.5) is 0 Å². The van der Waals surface area contributed by atoms with Crippen molar-refractivity contribution in [2.45, 2.75) is 45.0 Å². The highest BCUT2D eigenvalue weighted by Gasteiger charge is 2.13. The minimum atomic E-state index is -0.0985. The summed E-state index contributed by atoms with van der Waals surface area (Å²) in [4.78, 5) is 12.5. The average molecular weight is 439 g/mol. The standard InChI is InChI=1S/C24H30N4O2S/c1-18(2)16-28-22(26-27-24(28)31-3)13-8-14-25-23(29)20-11-7-12-21(15-20)30-17-19-9-5-4-6-10-19/h4-7,9-12,15,18H,8,13-14,16-17H2,1-3H3,(H,25,29). The summed E-state index contributed by atoms with van der Waals surface area (Å²) in [5.74, 6) is 2.09. The highest BCUT2D eigenvalue weighted by atomic mass is 32.2. The van der Waals surface area contributed by atoms with Crippen LogP contribution in [0.2, 0.25) is 0 Å². The summed E-state index contributed by atoms with van der Waals surface area (Å²) in [5, 5.41) is 12.5. The molecule has 1 aromatic heterocycles. The van der Waals surface area contributed by atoms with Crippen molar-refractivity contribution in [1.82, 2.24) is 20.1 Å². The number of carbonyl (C=O) groups is 1. The molecule has 0 aliphatic heterocycles. The average Bonchev–Trinajstić information content (AvgIpc) is 3.16. The molecule has 0 saturated heterocycles. The van der Waals surface area contributed by atoms with Gasteiger partial charge >= 0.3 is 0 Å². The Morgan fingerprint density at radius 1 is 1.13 bits per heavy atom. The number of hydrogen-bond donors (Lipinski definition) is 1. The molecule has 0 aliphatic carbocycles. The summed E-state index contributed by atoms with van der Waals surface area (Å²) in [6.45, 7) is 6.33. The molecular formula is C24H30N4O2S. The molecule has 31 heavy (non-hydrogen) atoms. The molecule has 0 spiro atoms. The van der Waals surface area contributed by atoms with Crippen LogP contribution in [0.15, 0.2) is 59.8 Å². The van der Waals surface area contributed by atoms with Crippen molar-refractivity contribution < 1.29 is 9.53 Å². The number of nitrogens with zero attached hydrogens (tertiary/aromatic N) is 3. The zero-order valence-corrected chi connectivity index (χ0v) is 19.2. The lowest BCUT2D eigenvalue weighted by Gasteiger charge is -2.12. The van der Waals surface area contributed by atoms with E-state index in [1.807, 2.05) is 48.7 Å². The molecular weight excluding hydrogens is 408 g/mol. The quantitative estimate of drug-likeness (QED) is 0.350. The van der Waals surface area contributed by atoms with Crippen LogP contribution in [0.25, 0.3) is 0 Å². The van der Waals surface area contributed by atoms with Crippen LogP contribution >= 0.6 is 11.8 Å². The number of rotatable bonds is 11. The molecule has 3 aromatic rings.